The Kier molecular flexibility index (Phi) is 2.76. The SMILES string of the molecule is CC[n+]1ccc(C(=O)NN)cc1. The lowest BCUT2D eigenvalue weighted by Crippen LogP contribution is -2.33. The van der Waals surface area contributed by atoms with E-state index in [1.807, 2.05) is 23.9 Å². The molecule has 0 saturated carbocycles. The Bertz CT molecular complexity index is 268. The summed E-state index contributed by atoms with van der Waals surface area (Å²) >= 11 is 0. The molecule has 0 spiro atoms. The number of aryl methyl sites for hydroxylation is 1. The molecule has 1 rings (SSSR count). The molecule has 0 aliphatic heterocycles. The quantitative estimate of drug-likeness (QED) is 0.272. The van der Waals surface area contributed by atoms with Crippen molar-refractivity contribution >= 4 is 5.91 Å². The average molecular weight is 166 g/mol. The van der Waals surface area contributed by atoms with Crippen LogP contribution in [0, 0.1) is 0 Å². The minimum atomic E-state index is -0.266. The molecule has 0 saturated heterocycles. The summed E-state index contributed by atoms with van der Waals surface area (Å²) in [6.07, 6.45) is 3.68. The number of aromatic nitrogens is 1. The van der Waals surface area contributed by atoms with Gasteiger partial charge in [-0.25, -0.2) is 10.4 Å². The van der Waals surface area contributed by atoms with Crippen LogP contribution < -0.4 is 15.8 Å². The lowest BCUT2D eigenvalue weighted by molar-refractivity contribution is -0.693. The number of amides is 1. The molecule has 1 aromatic heterocycles. The minimum Gasteiger partial charge on any atom is -0.290 e. The van der Waals surface area contributed by atoms with Crippen molar-refractivity contribution in [1.29, 1.82) is 0 Å². The summed E-state index contributed by atoms with van der Waals surface area (Å²) in [5.41, 5.74) is 2.64. The molecule has 4 heteroatoms. The van der Waals surface area contributed by atoms with Crippen molar-refractivity contribution in [3.05, 3.63) is 30.1 Å². The second kappa shape index (κ2) is 3.82. The van der Waals surface area contributed by atoms with E-state index < -0.39 is 0 Å². The van der Waals surface area contributed by atoms with Crippen LogP contribution in [0.15, 0.2) is 24.5 Å². The van der Waals surface area contributed by atoms with Crippen LogP contribution in [-0.2, 0) is 6.54 Å². The lowest BCUT2D eigenvalue weighted by atomic mass is 10.2. The standard InChI is InChI=1S/C8H11N3O/c1-2-11-5-3-7(4-6-11)8(12)10-9/h3-6,9,12H,2H2,1H3/p+1. The molecule has 3 N–H and O–H groups in total. The van der Waals surface area contributed by atoms with Crippen LogP contribution in [0.1, 0.15) is 17.3 Å². The highest BCUT2D eigenvalue weighted by Gasteiger charge is 2.04. The largest absolute Gasteiger partial charge is 0.290 e. The van der Waals surface area contributed by atoms with Gasteiger partial charge in [0.2, 0.25) is 0 Å². The average Bonchev–Trinajstić information content (AvgIpc) is 2.17. The number of rotatable bonds is 2. The first-order valence-corrected chi connectivity index (χ1v) is 3.78. The monoisotopic (exact) mass is 166 g/mol. The Labute approximate surface area is 71.0 Å². The maximum absolute atomic E-state index is 11.0. The second-order valence-corrected chi connectivity index (χ2v) is 2.39. The first-order valence-electron chi connectivity index (χ1n) is 3.78. The second-order valence-electron chi connectivity index (χ2n) is 2.39. The topological polar surface area (TPSA) is 59.0 Å². The number of hydrogen-bond acceptors (Lipinski definition) is 2. The van der Waals surface area contributed by atoms with E-state index in [0.717, 1.165) is 6.54 Å². The zero-order valence-corrected chi connectivity index (χ0v) is 6.95. The molecule has 1 aromatic rings. The highest BCUT2D eigenvalue weighted by molar-refractivity contribution is 5.93. The van der Waals surface area contributed by atoms with Crippen molar-refractivity contribution in [2.75, 3.05) is 0 Å². The molecule has 0 unspecified atom stereocenters. The molecule has 0 bridgehead atoms. The third-order valence-corrected chi connectivity index (χ3v) is 1.65. The summed E-state index contributed by atoms with van der Waals surface area (Å²) < 4.78 is 1.97. The predicted molar refractivity (Wildman–Crippen MR) is 44.0 cm³/mol. The van der Waals surface area contributed by atoms with Crippen LogP contribution in [0.3, 0.4) is 0 Å². The Hall–Kier alpha value is -1.42. The van der Waals surface area contributed by atoms with Gasteiger partial charge < -0.3 is 0 Å². The van der Waals surface area contributed by atoms with E-state index in [9.17, 15) is 4.79 Å². The fourth-order valence-electron chi connectivity index (χ4n) is 0.903. The van der Waals surface area contributed by atoms with Crippen LogP contribution in [0.25, 0.3) is 0 Å². The van der Waals surface area contributed by atoms with Crippen LogP contribution >= 0.6 is 0 Å². The molecule has 1 heterocycles. The minimum absolute atomic E-state index is 0.266. The van der Waals surface area contributed by atoms with E-state index in [4.69, 9.17) is 5.84 Å². The molecular weight excluding hydrogens is 154 g/mol. The Morgan fingerprint density at radius 1 is 1.58 bits per heavy atom. The zero-order chi connectivity index (χ0) is 8.97. The number of nitrogens with one attached hydrogen (secondary N) is 1. The van der Waals surface area contributed by atoms with Crippen LogP contribution in [-0.4, -0.2) is 5.91 Å². The van der Waals surface area contributed by atoms with Gasteiger partial charge in [0.05, 0.1) is 5.56 Å². The van der Waals surface area contributed by atoms with Crippen LogP contribution in [0.4, 0.5) is 0 Å². The lowest BCUT2D eigenvalue weighted by Gasteiger charge is -1.96. The molecule has 0 fully saturated rings. The van der Waals surface area contributed by atoms with Gasteiger partial charge in [-0.2, -0.15) is 0 Å². The third kappa shape index (κ3) is 1.79. The third-order valence-electron chi connectivity index (χ3n) is 1.65. The Morgan fingerprint density at radius 3 is 2.58 bits per heavy atom. The van der Waals surface area contributed by atoms with Gasteiger partial charge in [-0.3, -0.25) is 10.2 Å². The molecule has 0 aliphatic carbocycles. The fraction of sp³-hybridized carbons (Fsp3) is 0.250. The molecule has 0 aliphatic rings. The summed E-state index contributed by atoms with van der Waals surface area (Å²) in [5, 5.41) is 0. The smallest absolute Gasteiger partial charge is 0.265 e. The molecule has 0 aromatic carbocycles. The normalized spacial score (nSPS) is 9.50. The summed E-state index contributed by atoms with van der Waals surface area (Å²) in [6.45, 7) is 2.92. The summed E-state index contributed by atoms with van der Waals surface area (Å²) in [7, 11) is 0. The number of pyridine rings is 1. The molecular formula is C8H12N3O+. The maximum Gasteiger partial charge on any atom is 0.265 e. The maximum atomic E-state index is 11.0. The number of nitrogens with two attached hydrogens (primary N) is 1. The highest BCUT2D eigenvalue weighted by atomic mass is 16.2. The molecule has 12 heavy (non-hydrogen) atoms. The van der Waals surface area contributed by atoms with E-state index in [1.54, 1.807) is 12.1 Å². The van der Waals surface area contributed by atoms with E-state index in [0.29, 0.717) is 5.56 Å². The molecule has 0 radical (unpaired) electrons. The van der Waals surface area contributed by atoms with Crippen molar-refractivity contribution < 1.29 is 9.36 Å². The fourth-order valence-corrected chi connectivity index (χ4v) is 0.903. The van der Waals surface area contributed by atoms with E-state index in [1.165, 1.54) is 0 Å². The van der Waals surface area contributed by atoms with Crippen molar-refractivity contribution in [1.82, 2.24) is 5.43 Å². The van der Waals surface area contributed by atoms with Crippen molar-refractivity contribution in [3.63, 3.8) is 0 Å². The first-order chi connectivity index (χ1) is 5.77. The van der Waals surface area contributed by atoms with Gasteiger partial charge in [0.15, 0.2) is 12.4 Å². The number of nitrogen functional groups attached to an aromatic ring is 1. The number of carbonyl (C=O) groups is 1. The molecule has 0 atom stereocenters. The van der Waals surface area contributed by atoms with Crippen molar-refractivity contribution in [2.24, 2.45) is 5.84 Å². The summed E-state index contributed by atoms with van der Waals surface area (Å²) in [4.78, 5) is 11.0. The summed E-state index contributed by atoms with van der Waals surface area (Å²) in [5.74, 6) is 4.70. The van der Waals surface area contributed by atoms with E-state index in [-0.39, 0.29) is 5.91 Å². The first kappa shape index (κ1) is 8.67. The molecule has 64 valence electrons. The van der Waals surface area contributed by atoms with Gasteiger partial charge in [0.1, 0.15) is 6.54 Å². The van der Waals surface area contributed by atoms with Gasteiger partial charge in [0, 0.05) is 12.1 Å². The van der Waals surface area contributed by atoms with Gasteiger partial charge >= 0.3 is 0 Å². The van der Waals surface area contributed by atoms with Gasteiger partial charge in [-0.15, -0.1) is 0 Å². The Balaban J connectivity index is 2.84. The van der Waals surface area contributed by atoms with Gasteiger partial charge in [-0.1, -0.05) is 0 Å². The van der Waals surface area contributed by atoms with Crippen molar-refractivity contribution in [2.45, 2.75) is 13.5 Å². The highest BCUT2D eigenvalue weighted by Crippen LogP contribution is 1.93. The van der Waals surface area contributed by atoms with E-state index in [2.05, 4.69) is 5.43 Å². The number of nitrogens with zero attached hydrogens (tertiary/aromatic N) is 1. The van der Waals surface area contributed by atoms with E-state index >= 15 is 0 Å². The van der Waals surface area contributed by atoms with Crippen LogP contribution in [0.2, 0.25) is 0 Å². The number of carbonyl (C=O) groups excluding carboxylic acids is 1. The molecule has 4 nitrogen and oxygen atoms in total. The van der Waals surface area contributed by atoms with Crippen LogP contribution in [0.5, 0.6) is 0 Å². The van der Waals surface area contributed by atoms with Gasteiger partial charge in [-0.05, 0) is 6.92 Å². The zero-order valence-electron chi connectivity index (χ0n) is 6.95. The van der Waals surface area contributed by atoms with Gasteiger partial charge in [0.25, 0.3) is 5.91 Å². The number of hydrazine groups is 1. The number of hydrogen-bond donors (Lipinski definition) is 2. The Morgan fingerprint density at radius 2 is 2.17 bits per heavy atom. The molecule has 1 amide bonds. The summed E-state index contributed by atoms with van der Waals surface area (Å²) in [6, 6.07) is 3.46. The van der Waals surface area contributed by atoms with Crippen molar-refractivity contribution in [3.8, 4) is 0 Å². The predicted octanol–water partition coefficient (Wildman–Crippen LogP) is -0.402.